The Kier molecular flexibility index (Phi) is 3.10. The van der Waals surface area contributed by atoms with Gasteiger partial charge in [0.05, 0.1) is 5.69 Å². The van der Waals surface area contributed by atoms with Gasteiger partial charge in [-0.3, -0.25) is 10.1 Å². The van der Waals surface area contributed by atoms with Gasteiger partial charge in [-0.25, -0.2) is 4.98 Å². The lowest BCUT2D eigenvalue weighted by Gasteiger charge is -2.04. The summed E-state index contributed by atoms with van der Waals surface area (Å²) in [6, 6.07) is 1.65. The third kappa shape index (κ3) is 2.44. The third-order valence-electron chi connectivity index (χ3n) is 2.24. The summed E-state index contributed by atoms with van der Waals surface area (Å²) in [5, 5.41) is 3.19. The van der Waals surface area contributed by atoms with Crippen molar-refractivity contribution >= 4 is 28.3 Å². The second-order valence-electron chi connectivity index (χ2n) is 3.55. The SMILES string of the molecule is CCn1cc(N)cc1C(=O)Nc1nc(C)ns1. The van der Waals surface area contributed by atoms with Gasteiger partial charge < -0.3 is 10.3 Å². The van der Waals surface area contributed by atoms with Gasteiger partial charge in [0.25, 0.3) is 5.91 Å². The summed E-state index contributed by atoms with van der Waals surface area (Å²) in [6.07, 6.45) is 1.74. The van der Waals surface area contributed by atoms with E-state index >= 15 is 0 Å². The highest BCUT2D eigenvalue weighted by molar-refractivity contribution is 7.09. The minimum absolute atomic E-state index is 0.222. The molecular formula is C10H13N5OS. The third-order valence-corrected chi connectivity index (χ3v) is 2.96. The zero-order chi connectivity index (χ0) is 12.4. The second kappa shape index (κ2) is 4.54. The quantitative estimate of drug-likeness (QED) is 0.865. The Morgan fingerprint density at radius 2 is 2.41 bits per heavy atom. The summed E-state index contributed by atoms with van der Waals surface area (Å²) < 4.78 is 5.79. The summed E-state index contributed by atoms with van der Waals surface area (Å²) in [5.74, 6) is 0.426. The van der Waals surface area contributed by atoms with Crippen molar-refractivity contribution < 1.29 is 4.79 Å². The smallest absolute Gasteiger partial charge is 0.274 e. The van der Waals surface area contributed by atoms with E-state index in [2.05, 4.69) is 14.7 Å². The molecule has 7 heteroatoms. The molecule has 0 spiro atoms. The molecule has 6 nitrogen and oxygen atoms in total. The van der Waals surface area contributed by atoms with Crippen molar-refractivity contribution in [2.75, 3.05) is 11.1 Å². The molecule has 0 radical (unpaired) electrons. The van der Waals surface area contributed by atoms with E-state index in [1.807, 2.05) is 6.92 Å². The van der Waals surface area contributed by atoms with Crippen LogP contribution in [0.3, 0.4) is 0 Å². The lowest BCUT2D eigenvalue weighted by atomic mass is 10.4. The zero-order valence-corrected chi connectivity index (χ0v) is 10.4. The number of amides is 1. The van der Waals surface area contributed by atoms with Gasteiger partial charge in [-0.2, -0.15) is 4.37 Å². The molecule has 2 aromatic heterocycles. The highest BCUT2D eigenvalue weighted by Gasteiger charge is 2.13. The molecule has 0 saturated carbocycles. The number of nitrogens with one attached hydrogen (secondary N) is 1. The number of anilines is 2. The first-order valence-corrected chi connectivity index (χ1v) is 5.94. The fourth-order valence-electron chi connectivity index (χ4n) is 1.49. The lowest BCUT2D eigenvalue weighted by Crippen LogP contribution is -2.16. The fraction of sp³-hybridized carbons (Fsp3) is 0.300. The van der Waals surface area contributed by atoms with Crippen LogP contribution in [0.5, 0.6) is 0 Å². The molecule has 17 heavy (non-hydrogen) atoms. The standard InChI is InChI=1S/C10H13N5OS/c1-3-15-5-7(11)4-8(15)9(16)13-10-12-6(2)14-17-10/h4-5H,3,11H2,1-2H3,(H,12,13,14,16). The molecule has 3 N–H and O–H groups in total. The van der Waals surface area contributed by atoms with Crippen LogP contribution in [0.2, 0.25) is 0 Å². The van der Waals surface area contributed by atoms with Crippen molar-refractivity contribution in [1.29, 1.82) is 0 Å². The number of nitrogens with two attached hydrogens (primary N) is 1. The van der Waals surface area contributed by atoms with Crippen molar-refractivity contribution in [3.63, 3.8) is 0 Å². The molecule has 2 rings (SSSR count). The number of hydrogen-bond acceptors (Lipinski definition) is 5. The van der Waals surface area contributed by atoms with Crippen molar-refractivity contribution in [1.82, 2.24) is 13.9 Å². The molecule has 0 atom stereocenters. The molecule has 0 unspecified atom stereocenters. The van der Waals surface area contributed by atoms with Crippen LogP contribution >= 0.6 is 11.5 Å². The van der Waals surface area contributed by atoms with Crippen LogP contribution in [0.4, 0.5) is 10.8 Å². The Morgan fingerprint density at radius 3 is 3.00 bits per heavy atom. The molecule has 0 aromatic carbocycles. The summed E-state index contributed by atoms with van der Waals surface area (Å²) >= 11 is 1.16. The molecule has 0 bridgehead atoms. The Hall–Kier alpha value is -1.89. The van der Waals surface area contributed by atoms with Crippen LogP contribution < -0.4 is 11.1 Å². The minimum atomic E-state index is -0.222. The van der Waals surface area contributed by atoms with E-state index in [-0.39, 0.29) is 5.91 Å². The number of hydrogen-bond donors (Lipinski definition) is 2. The van der Waals surface area contributed by atoms with Crippen LogP contribution in [-0.2, 0) is 6.54 Å². The Bertz CT molecular complexity index is 545. The van der Waals surface area contributed by atoms with Gasteiger partial charge in [0.1, 0.15) is 11.5 Å². The van der Waals surface area contributed by atoms with E-state index in [9.17, 15) is 4.79 Å². The molecule has 0 saturated heterocycles. The predicted octanol–water partition coefficient (Wildman–Crippen LogP) is 1.50. The maximum atomic E-state index is 12.0. The molecular weight excluding hydrogens is 238 g/mol. The topological polar surface area (TPSA) is 85.8 Å². The Morgan fingerprint density at radius 1 is 1.65 bits per heavy atom. The predicted molar refractivity (Wildman–Crippen MR) is 67.1 cm³/mol. The number of aromatic nitrogens is 3. The average molecular weight is 251 g/mol. The summed E-state index contributed by atoms with van der Waals surface area (Å²) in [7, 11) is 0. The summed E-state index contributed by atoms with van der Waals surface area (Å²) in [5.41, 5.74) is 6.76. The van der Waals surface area contributed by atoms with Crippen molar-refractivity contribution in [3.05, 3.63) is 23.8 Å². The van der Waals surface area contributed by atoms with Gasteiger partial charge >= 0.3 is 0 Å². The van der Waals surface area contributed by atoms with Crippen molar-refractivity contribution in [2.45, 2.75) is 20.4 Å². The van der Waals surface area contributed by atoms with Crippen molar-refractivity contribution in [2.24, 2.45) is 0 Å². The van der Waals surface area contributed by atoms with Crippen LogP contribution in [0, 0.1) is 6.92 Å². The van der Waals surface area contributed by atoms with E-state index in [0.29, 0.717) is 28.9 Å². The molecule has 0 aliphatic carbocycles. The lowest BCUT2D eigenvalue weighted by molar-refractivity contribution is 0.101. The van der Waals surface area contributed by atoms with Gasteiger partial charge in [0.2, 0.25) is 5.13 Å². The number of nitrogen functional groups attached to an aromatic ring is 1. The Balaban J connectivity index is 2.19. The van der Waals surface area contributed by atoms with Crippen LogP contribution in [-0.4, -0.2) is 19.8 Å². The number of carbonyl (C=O) groups is 1. The van der Waals surface area contributed by atoms with Crippen LogP contribution in [0.15, 0.2) is 12.3 Å². The van der Waals surface area contributed by atoms with E-state index in [1.165, 1.54) is 0 Å². The first-order chi connectivity index (χ1) is 8.10. The molecule has 0 aliphatic rings. The number of aryl methyl sites for hydroxylation is 2. The van der Waals surface area contributed by atoms with E-state index in [0.717, 1.165) is 11.5 Å². The highest BCUT2D eigenvalue weighted by Crippen LogP contribution is 2.15. The van der Waals surface area contributed by atoms with Gasteiger partial charge in [0, 0.05) is 24.3 Å². The van der Waals surface area contributed by atoms with Gasteiger partial charge in [-0.15, -0.1) is 0 Å². The largest absolute Gasteiger partial charge is 0.397 e. The fourth-order valence-corrected chi connectivity index (χ4v) is 2.06. The zero-order valence-electron chi connectivity index (χ0n) is 9.60. The van der Waals surface area contributed by atoms with Gasteiger partial charge in [-0.05, 0) is 19.9 Å². The molecule has 2 aromatic rings. The first-order valence-electron chi connectivity index (χ1n) is 5.17. The monoisotopic (exact) mass is 251 g/mol. The summed E-state index contributed by atoms with van der Waals surface area (Å²) in [6.45, 7) is 4.42. The number of rotatable bonds is 3. The Labute approximate surface area is 103 Å². The van der Waals surface area contributed by atoms with E-state index in [1.54, 1.807) is 23.8 Å². The molecule has 90 valence electrons. The molecule has 2 heterocycles. The maximum Gasteiger partial charge on any atom is 0.274 e. The van der Waals surface area contributed by atoms with Gasteiger partial charge in [0.15, 0.2) is 0 Å². The molecule has 0 fully saturated rings. The molecule has 0 aliphatic heterocycles. The average Bonchev–Trinajstić information content (AvgIpc) is 2.84. The number of carbonyl (C=O) groups excluding carboxylic acids is 1. The summed E-state index contributed by atoms with van der Waals surface area (Å²) in [4.78, 5) is 16.0. The van der Waals surface area contributed by atoms with E-state index in [4.69, 9.17) is 5.73 Å². The van der Waals surface area contributed by atoms with Crippen LogP contribution in [0.1, 0.15) is 23.2 Å². The second-order valence-corrected chi connectivity index (χ2v) is 4.30. The number of nitrogens with zero attached hydrogens (tertiary/aromatic N) is 3. The van der Waals surface area contributed by atoms with Gasteiger partial charge in [-0.1, -0.05) is 0 Å². The normalized spacial score (nSPS) is 10.5. The van der Waals surface area contributed by atoms with E-state index < -0.39 is 0 Å². The maximum absolute atomic E-state index is 12.0. The van der Waals surface area contributed by atoms with Crippen LogP contribution in [0.25, 0.3) is 0 Å². The minimum Gasteiger partial charge on any atom is -0.397 e. The van der Waals surface area contributed by atoms with Crippen molar-refractivity contribution in [3.8, 4) is 0 Å². The molecule has 1 amide bonds. The first kappa shape index (κ1) is 11.6. The highest BCUT2D eigenvalue weighted by atomic mass is 32.1.